The molecule has 4 aliphatic heterocycles. The highest BCUT2D eigenvalue weighted by Gasteiger charge is 2.47. The number of hydrogen-bond donors (Lipinski definition) is 1. The molecule has 1 aromatic carbocycles. The van der Waals surface area contributed by atoms with Crippen molar-refractivity contribution in [1.82, 2.24) is 29.5 Å². The maximum atomic E-state index is 14.3. The summed E-state index contributed by atoms with van der Waals surface area (Å²) in [6.07, 6.45) is -1.76. The highest BCUT2D eigenvalue weighted by atomic mass is 19.4. The van der Waals surface area contributed by atoms with Crippen molar-refractivity contribution in [1.29, 1.82) is 0 Å². The first-order valence-corrected chi connectivity index (χ1v) is 16.5. The maximum Gasteiger partial charge on any atom is 0.417 e. The Bertz CT molecular complexity index is 1810. The quantitative estimate of drug-likeness (QED) is 0.284. The molecule has 0 saturated carbocycles. The number of ether oxygens (including phenoxy) is 2. The van der Waals surface area contributed by atoms with Crippen LogP contribution in [0.25, 0.3) is 0 Å². The molecule has 11 nitrogen and oxygen atoms in total. The van der Waals surface area contributed by atoms with E-state index in [4.69, 9.17) is 25.2 Å². The van der Waals surface area contributed by atoms with Crippen LogP contribution in [-0.2, 0) is 37.0 Å². The molecule has 2 N–H and O–H groups in total. The summed E-state index contributed by atoms with van der Waals surface area (Å²) in [5.41, 5.74) is 8.20. The fourth-order valence-electron chi connectivity index (χ4n) is 7.87. The largest absolute Gasteiger partial charge is 0.461 e. The Labute approximate surface area is 281 Å². The van der Waals surface area contributed by atoms with Gasteiger partial charge < -0.3 is 25.0 Å². The average molecular weight is 685 g/mol. The molecular formula is C34H40F4N8O3. The van der Waals surface area contributed by atoms with Gasteiger partial charge in [0.15, 0.2) is 5.69 Å². The van der Waals surface area contributed by atoms with Crippen molar-refractivity contribution in [3.63, 3.8) is 0 Å². The third-order valence-electron chi connectivity index (χ3n) is 10.1. The van der Waals surface area contributed by atoms with Crippen LogP contribution in [0.3, 0.4) is 0 Å². The Morgan fingerprint density at radius 3 is 2.73 bits per heavy atom. The number of amides is 1. The minimum absolute atomic E-state index is 0.0243. The van der Waals surface area contributed by atoms with E-state index in [0.29, 0.717) is 68.1 Å². The number of anilines is 2. The summed E-state index contributed by atoms with van der Waals surface area (Å²) >= 11 is 0. The van der Waals surface area contributed by atoms with E-state index in [0.717, 1.165) is 30.7 Å². The van der Waals surface area contributed by atoms with Gasteiger partial charge in [0.1, 0.15) is 12.4 Å². The Morgan fingerprint density at radius 1 is 1.16 bits per heavy atom. The summed E-state index contributed by atoms with van der Waals surface area (Å²) in [4.78, 5) is 28.1. The number of hydrogen-bond acceptors (Lipinski definition) is 9. The van der Waals surface area contributed by atoms with E-state index in [1.165, 1.54) is 24.0 Å². The van der Waals surface area contributed by atoms with E-state index in [2.05, 4.69) is 14.9 Å². The molecule has 6 heterocycles. The van der Waals surface area contributed by atoms with E-state index in [1.54, 1.807) is 20.2 Å². The second-order valence-corrected chi connectivity index (χ2v) is 13.8. The van der Waals surface area contributed by atoms with Crippen LogP contribution in [0.5, 0.6) is 6.01 Å². The van der Waals surface area contributed by atoms with Crippen LogP contribution in [0.4, 0.5) is 29.1 Å². The van der Waals surface area contributed by atoms with Gasteiger partial charge in [-0.05, 0) is 74.1 Å². The van der Waals surface area contributed by atoms with Gasteiger partial charge >= 0.3 is 12.2 Å². The van der Waals surface area contributed by atoms with E-state index in [1.807, 2.05) is 4.68 Å². The normalized spacial score (nSPS) is 23.3. The van der Waals surface area contributed by atoms with Crippen molar-refractivity contribution in [2.75, 3.05) is 51.0 Å². The molecule has 1 amide bonds. The summed E-state index contributed by atoms with van der Waals surface area (Å²) < 4.78 is 70.9. The lowest BCUT2D eigenvalue weighted by Crippen LogP contribution is -2.43. The van der Waals surface area contributed by atoms with Gasteiger partial charge in [0.05, 0.1) is 48.1 Å². The predicted octanol–water partition coefficient (Wildman–Crippen LogP) is 4.98. The van der Waals surface area contributed by atoms with Gasteiger partial charge in [-0.15, -0.1) is 0 Å². The SMILES string of the molecule is Cc1cc(N)cc(C2Cc3nc(OCC45CCCN4C/C(=C\F)C5)nc(N4CCCn5nc(C(=O)N(C)C)cc5C4)c3CO2)c1C(F)(F)F. The van der Waals surface area contributed by atoms with Gasteiger partial charge in [0, 0.05) is 51.4 Å². The summed E-state index contributed by atoms with van der Waals surface area (Å²) in [6.45, 7) is 4.59. The van der Waals surface area contributed by atoms with Gasteiger partial charge in [0.2, 0.25) is 0 Å². The molecule has 3 aromatic rings. The molecule has 2 unspecified atom stereocenters. The van der Waals surface area contributed by atoms with E-state index < -0.39 is 17.8 Å². The molecule has 7 rings (SSSR count). The summed E-state index contributed by atoms with van der Waals surface area (Å²) in [5.74, 6) is 0.361. The third kappa shape index (κ3) is 6.22. The molecular weight excluding hydrogens is 644 g/mol. The molecule has 15 heteroatoms. The number of carbonyl (C=O) groups excluding carboxylic acids is 1. The first-order chi connectivity index (χ1) is 23.3. The fraction of sp³-hybridized carbons (Fsp3) is 0.529. The fourth-order valence-corrected chi connectivity index (χ4v) is 7.87. The smallest absolute Gasteiger partial charge is 0.417 e. The van der Waals surface area contributed by atoms with Crippen LogP contribution in [0.2, 0.25) is 0 Å². The topological polar surface area (TPSA) is 115 Å². The highest BCUT2D eigenvalue weighted by Crippen LogP contribution is 2.44. The molecule has 2 saturated heterocycles. The summed E-state index contributed by atoms with van der Waals surface area (Å²) in [7, 11) is 3.35. The van der Waals surface area contributed by atoms with E-state index in [-0.39, 0.29) is 53.9 Å². The molecule has 4 aliphatic rings. The van der Waals surface area contributed by atoms with E-state index >= 15 is 0 Å². The van der Waals surface area contributed by atoms with Crippen LogP contribution >= 0.6 is 0 Å². The Kier molecular flexibility index (Phi) is 8.54. The number of rotatable bonds is 6. The third-order valence-corrected chi connectivity index (χ3v) is 10.1. The van der Waals surface area contributed by atoms with Crippen LogP contribution in [0.15, 0.2) is 30.1 Å². The number of alkyl halides is 3. The van der Waals surface area contributed by atoms with Crippen molar-refractivity contribution >= 4 is 17.4 Å². The van der Waals surface area contributed by atoms with Crippen LogP contribution in [-0.4, -0.2) is 81.3 Å². The molecule has 2 fully saturated rings. The lowest BCUT2D eigenvalue weighted by atomic mass is 9.92. The first kappa shape index (κ1) is 33.3. The zero-order valence-corrected chi connectivity index (χ0v) is 27.8. The predicted molar refractivity (Wildman–Crippen MR) is 173 cm³/mol. The minimum atomic E-state index is -4.61. The molecule has 2 atom stereocenters. The molecule has 0 aliphatic carbocycles. The minimum Gasteiger partial charge on any atom is -0.461 e. The zero-order chi connectivity index (χ0) is 34.7. The van der Waals surface area contributed by atoms with Crippen molar-refractivity contribution in [3.8, 4) is 6.01 Å². The van der Waals surface area contributed by atoms with Gasteiger partial charge in [-0.25, -0.2) is 4.39 Å². The zero-order valence-electron chi connectivity index (χ0n) is 27.8. The molecule has 0 spiro atoms. The monoisotopic (exact) mass is 684 g/mol. The maximum absolute atomic E-state index is 14.3. The lowest BCUT2D eigenvalue weighted by molar-refractivity contribution is -0.140. The molecule has 0 bridgehead atoms. The van der Waals surface area contributed by atoms with Crippen molar-refractivity contribution < 1.29 is 31.8 Å². The first-order valence-electron chi connectivity index (χ1n) is 16.5. The number of benzene rings is 1. The van der Waals surface area contributed by atoms with Crippen LogP contribution in [0.1, 0.15) is 75.9 Å². The standard InChI is InChI=1S/C34H40F4N8O3/c1-20-10-22(39)11-24(29(20)34(36,37)38)28-13-26-25(18-48-28)30(44-7-5-9-46-23(17-44)12-27(42-46)31(47)43(2)3)41-32(40-26)49-19-33-6-4-8-45(33)16-21(14-33)15-35/h10-12,15,28H,4-9,13-14,16-19,39H2,1-3H3/b21-15-. The molecule has 0 radical (unpaired) electrons. The molecule has 49 heavy (non-hydrogen) atoms. The second-order valence-electron chi connectivity index (χ2n) is 13.8. The summed E-state index contributed by atoms with van der Waals surface area (Å²) in [6, 6.07) is 4.53. The van der Waals surface area contributed by atoms with Gasteiger partial charge in [-0.2, -0.15) is 28.2 Å². The number of nitrogens with zero attached hydrogens (tertiary/aromatic N) is 7. The average Bonchev–Trinajstić information content (AvgIpc) is 3.69. The Balaban J connectivity index is 1.25. The van der Waals surface area contributed by atoms with Crippen molar-refractivity contribution in [2.45, 2.75) is 76.5 Å². The lowest BCUT2D eigenvalue weighted by Gasteiger charge is -2.33. The van der Waals surface area contributed by atoms with Gasteiger partial charge in [0.25, 0.3) is 5.91 Å². The number of halogens is 4. The number of nitrogens with two attached hydrogens (primary N) is 1. The number of aryl methyl sites for hydroxylation is 2. The number of fused-ring (bicyclic) bond motifs is 3. The van der Waals surface area contributed by atoms with Gasteiger partial charge in [-0.1, -0.05) is 0 Å². The van der Waals surface area contributed by atoms with Crippen LogP contribution in [0, 0.1) is 6.92 Å². The van der Waals surface area contributed by atoms with Crippen molar-refractivity contribution in [2.24, 2.45) is 0 Å². The van der Waals surface area contributed by atoms with Crippen LogP contribution < -0.4 is 15.4 Å². The number of carbonyl (C=O) groups is 1. The Hall–Kier alpha value is -4.24. The highest BCUT2D eigenvalue weighted by molar-refractivity contribution is 5.92. The van der Waals surface area contributed by atoms with E-state index in [9.17, 15) is 22.4 Å². The number of nitrogen functional groups attached to an aromatic ring is 1. The molecule has 262 valence electrons. The summed E-state index contributed by atoms with van der Waals surface area (Å²) in [5, 5.41) is 4.55. The second kappa shape index (κ2) is 12.6. The molecule has 2 aromatic heterocycles. The van der Waals surface area contributed by atoms with Crippen molar-refractivity contribution in [3.05, 3.63) is 69.4 Å². The van der Waals surface area contributed by atoms with Gasteiger partial charge in [-0.3, -0.25) is 14.4 Å². The number of aromatic nitrogens is 4. The Morgan fingerprint density at radius 2 is 1.98 bits per heavy atom.